The van der Waals surface area contributed by atoms with E-state index in [2.05, 4.69) is 10.5 Å². The highest BCUT2D eigenvalue weighted by atomic mass is 19.1. The van der Waals surface area contributed by atoms with Gasteiger partial charge in [0.1, 0.15) is 17.8 Å². The molecule has 27 heavy (non-hydrogen) atoms. The van der Waals surface area contributed by atoms with Crippen LogP contribution in [0.5, 0.6) is 0 Å². The lowest BCUT2D eigenvalue weighted by Crippen LogP contribution is -2.37. The molecular formula is C19H17F2N3O3. The Kier molecular flexibility index (Phi) is 5.75. The fourth-order valence-electron chi connectivity index (χ4n) is 2.80. The molecular weight excluding hydrogens is 356 g/mol. The molecule has 0 bridgehead atoms. The molecule has 140 valence electrons. The lowest BCUT2D eigenvalue weighted by Gasteiger charge is -2.28. The van der Waals surface area contributed by atoms with E-state index in [1.807, 2.05) is 24.3 Å². The first-order chi connectivity index (χ1) is 13.0. The maximum Gasteiger partial charge on any atom is 0.270 e. The number of oxime groups is 1. The highest BCUT2D eigenvalue weighted by molar-refractivity contribution is 6.31. The smallest absolute Gasteiger partial charge is 0.270 e. The summed E-state index contributed by atoms with van der Waals surface area (Å²) in [4.78, 5) is 30.5. The van der Waals surface area contributed by atoms with Crippen LogP contribution in [-0.4, -0.2) is 31.2 Å². The largest absolute Gasteiger partial charge is 0.385 e. The summed E-state index contributed by atoms with van der Waals surface area (Å²) in [6, 6.07) is 10.4. The zero-order valence-corrected chi connectivity index (χ0v) is 14.3. The number of amides is 2. The van der Waals surface area contributed by atoms with E-state index in [4.69, 9.17) is 4.84 Å². The van der Waals surface area contributed by atoms with Gasteiger partial charge in [0.05, 0.1) is 5.69 Å². The first kappa shape index (κ1) is 18.5. The Bertz CT molecular complexity index is 886. The van der Waals surface area contributed by atoms with E-state index in [1.165, 1.54) is 0 Å². The molecule has 2 amide bonds. The first-order valence-corrected chi connectivity index (χ1v) is 8.34. The van der Waals surface area contributed by atoms with Gasteiger partial charge in [0.25, 0.3) is 11.8 Å². The third-order valence-electron chi connectivity index (χ3n) is 4.03. The van der Waals surface area contributed by atoms with Crippen molar-refractivity contribution in [3.8, 4) is 0 Å². The number of hydrogen-bond donors (Lipinski definition) is 1. The van der Waals surface area contributed by atoms with E-state index >= 15 is 0 Å². The average molecular weight is 373 g/mol. The lowest BCUT2D eigenvalue weighted by molar-refractivity contribution is -0.123. The highest BCUT2D eigenvalue weighted by Gasteiger charge is 2.22. The van der Waals surface area contributed by atoms with Crippen molar-refractivity contribution in [3.05, 3.63) is 59.7 Å². The molecule has 0 saturated carbocycles. The molecule has 1 aliphatic rings. The van der Waals surface area contributed by atoms with E-state index < -0.39 is 17.5 Å². The maximum absolute atomic E-state index is 13.5. The molecule has 8 heteroatoms. The van der Waals surface area contributed by atoms with Gasteiger partial charge in [-0.05, 0) is 36.6 Å². The Morgan fingerprint density at radius 2 is 2.04 bits per heavy atom. The van der Waals surface area contributed by atoms with Crippen LogP contribution in [0.4, 0.5) is 20.2 Å². The number of carbonyl (C=O) groups excluding carboxylic acids is 2. The molecule has 6 nitrogen and oxygen atoms in total. The van der Waals surface area contributed by atoms with Crippen LogP contribution in [0.15, 0.2) is 47.6 Å². The Morgan fingerprint density at radius 3 is 2.85 bits per heavy atom. The van der Waals surface area contributed by atoms with Crippen LogP contribution in [0.3, 0.4) is 0 Å². The first-order valence-electron chi connectivity index (χ1n) is 8.34. The third kappa shape index (κ3) is 4.66. The summed E-state index contributed by atoms with van der Waals surface area (Å²) in [6.07, 6.45) is 2.55. The minimum atomic E-state index is -0.906. The van der Waals surface area contributed by atoms with Crippen molar-refractivity contribution in [2.45, 2.75) is 12.8 Å². The molecule has 0 unspecified atom stereocenters. The molecule has 0 radical (unpaired) electrons. The summed E-state index contributed by atoms with van der Waals surface area (Å²) in [5.74, 6) is -2.70. The monoisotopic (exact) mass is 373 g/mol. The standard InChI is InChI=1S/C19H17F2N3O3/c20-14-7-8-16(15(21)10-14)23-18(25)11-22-27-12-19(26)24-9-3-5-13-4-1-2-6-17(13)24/h1-2,4,6-8,10-11H,3,5,9,12H2,(H,23,25)/b22-11+. The second kappa shape index (κ2) is 8.39. The minimum absolute atomic E-state index is 0.186. The summed E-state index contributed by atoms with van der Waals surface area (Å²) < 4.78 is 26.3. The predicted octanol–water partition coefficient (Wildman–Crippen LogP) is 2.89. The Labute approximate surface area is 154 Å². The van der Waals surface area contributed by atoms with Crippen LogP contribution < -0.4 is 10.2 Å². The summed E-state index contributed by atoms with van der Waals surface area (Å²) in [5.41, 5.74) is 1.76. The van der Waals surface area contributed by atoms with Crippen LogP contribution in [0.25, 0.3) is 0 Å². The summed E-state index contributed by atoms with van der Waals surface area (Å²) in [6.45, 7) is 0.260. The molecule has 2 aromatic carbocycles. The predicted molar refractivity (Wildman–Crippen MR) is 96.5 cm³/mol. The molecule has 0 aliphatic carbocycles. The van der Waals surface area contributed by atoms with Crippen molar-refractivity contribution in [3.63, 3.8) is 0 Å². The van der Waals surface area contributed by atoms with E-state index in [1.54, 1.807) is 4.90 Å². The highest BCUT2D eigenvalue weighted by Crippen LogP contribution is 2.26. The zero-order chi connectivity index (χ0) is 19.2. The van der Waals surface area contributed by atoms with Crippen LogP contribution in [0, 0.1) is 11.6 Å². The Balaban J connectivity index is 1.51. The number of aryl methyl sites for hydroxylation is 1. The van der Waals surface area contributed by atoms with E-state index in [0.717, 1.165) is 42.4 Å². The van der Waals surface area contributed by atoms with Gasteiger partial charge in [-0.25, -0.2) is 8.78 Å². The van der Waals surface area contributed by atoms with Gasteiger partial charge < -0.3 is 15.1 Å². The minimum Gasteiger partial charge on any atom is -0.385 e. The van der Waals surface area contributed by atoms with Crippen molar-refractivity contribution in [1.29, 1.82) is 0 Å². The third-order valence-corrected chi connectivity index (χ3v) is 4.03. The number of para-hydroxylation sites is 1. The van der Waals surface area contributed by atoms with E-state index in [-0.39, 0.29) is 18.2 Å². The fraction of sp³-hybridized carbons (Fsp3) is 0.211. The SMILES string of the molecule is O=C(/C=N/OCC(=O)N1CCCc2ccccc21)Nc1ccc(F)cc1F. The van der Waals surface area contributed by atoms with Gasteiger partial charge in [-0.1, -0.05) is 23.4 Å². The number of benzene rings is 2. The van der Waals surface area contributed by atoms with E-state index in [0.29, 0.717) is 12.6 Å². The molecule has 1 heterocycles. The van der Waals surface area contributed by atoms with Gasteiger partial charge in [-0.3, -0.25) is 9.59 Å². The number of nitrogens with zero attached hydrogens (tertiary/aromatic N) is 2. The van der Waals surface area contributed by atoms with Crippen LogP contribution in [0.1, 0.15) is 12.0 Å². The van der Waals surface area contributed by atoms with Gasteiger partial charge in [0.15, 0.2) is 6.61 Å². The van der Waals surface area contributed by atoms with Crippen molar-refractivity contribution in [2.24, 2.45) is 5.16 Å². The fourth-order valence-corrected chi connectivity index (χ4v) is 2.80. The van der Waals surface area contributed by atoms with Crippen molar-refractivity contribution >= 4 is 29.4 Å². The normalized spacial score (nSPS) is 13.3. The van der Waals surface area contributed by atoms with Gasteiger partial charge in [-0.15, -0.1) is 0 Å². The number of anilines is 2. The van der Waals surface area contributed by atoms with E-state index in [9.17, 15) is 18.4 Å². The topological polar surface area (TPSA) is 71.0 Å². The number of nitrogens with one attached hydrogen (secondary N) is 1. The number of carbonyl (C=O) groups is 2. The van der Waals surface area contributed by atoms with Crippen molar-refractivity contribution in [1.82, 2.24) is 0 Å². The molecule has 0 fully saturated rings. The summed E-state index contributed by atoms with van der Waals surface area (Å²) >= 11 is 0. The molecule has 3 rings (SSSR count). The van der Waals surface area contributed by atoms with Crippen LogP contribution in [-0.2, 0) is 20.8 Å². The lowest BCUT2D eigenvalue weighted by atomic mass is 10.0. The van der Waals surface area contributed by atoms with Gasteiger partial charge in [-0.2, -0.15) is 0 Å². The second-order valence-electron chi connectivity index (χ2n) is 5.90. The summed E-state index contributed by atoms with van der Waals surface area (Å²) in [7, 11) is 0. The zero-order valence-electron chi connectivity index (χ0n) is 14.3. The number of fused-ring (bicyclic) bond motifs is 1. The van der Waals surface area contributed by atoms with Crippen LogP contribution >= 0.6 is 0 Å². The molecule has 1 N–H and O–H groups in total. The summed E-state index contributed by atoms with van der Waals surface area (Å²) in [5, 5.41) is 5.62. The number of hydrogen-bond acceptors (Lipinski definition) is 4. The Morgan fingerprint density at radius 1 is 1.22 bits per heavy atom. The molecule has 0 spiro atoms. The molecule has 0 atom stereocenters. The van der Waals surface area contributed by atoms with Crippen LogP contribution in [0.2, 0.25) is 0 Å². The Hall–Kier alpha value is -3.29. The second-order valence-corrected chi connectivity index (χ2v) is 5.90. The quantitative estimate of drug-likeness (QED) is 0.647. The van der Waals surface area contributed by atoms with Gasteiger partial charge >= 0.3 is 0 Å². The van der Waals surface area contributed by atoms with Crippen molar-refractivity contribution in [2.75, 3.05) is 23.4 Å². The van der Waals surface area contributed by atoms with Crippen molar-refractivity contribution < 1.29 is 23.2 Å². The van der Waals surface area contributed by atoms with Gasteiger partial charge in [0.2, 0.25) is 0 Å². The number of rotatable bonds is 5. The molecule has 1 aliphatic heterocycles. The molecule has 0 aromatic heterocycles. The molecule has 0 saturated heterocycles. The molecule has 2 aromatic rings. The maximum atomic E-state index is 13.5. The number of halogens is 2. The van der Waals surface area contributed by atoms with Gasteiger partial charge in [0, 0.05) is 18.3 Å². The average Bonchev–Trinajstić information content (AvgIpc) is 2.67.